The van der Waals surface area contributed by atoms with Gasteiger partial charge in [-0.1, -0.05) is 6.92 Å². The molecular weight excluding hydrogens is 414 g/mol. The number of carbonyl (C=O) groups excluding carboxylic acids is 3. The summed E-state index contributed by atoms with van der Waals surface area (Å²) in [5.74, 6) is -4.20. The van der Waals surface area contributed by atoms with Crippen LogP contribution in [0.15, 0.2) is 18.2 Å². The number of anilines is 1. The molecule has 12 nitrogen and oxygen atoms in total. The number of likely N-dealkylation sites (N-methyl/N-ethyl adjacent to an activating group) is 1. The smallest absolute Gasteiger partial charge is 0.410 e. The summed E-state index contributed by atoms with van der Waals surface area (Å²) in [5, 5.41) is 23.1. The van der Waals surface area contributed by atoms with Crippen molar-refractivity contribution in [2.24, 2.45) is 0 Å². The quantitative estimate of drug-likeness (QED) is 0.474. The summed E-state index contributed by atoms with van der Waals surface area (Å²) in [6, 6.07) is 5.04. The molecule has 1 amide bonds. The van der Waals surface area contributed by atoms with E-state index in [1.165, 1.54) is 14.1 Å². The molecule has 2 saturated heterocycles. The van der Waals surface area contributed by atoms with Crippen LogP contribution >= 0.6 is 0 Å². The Kier molecular flexibility index (Phi) is 4.85. The maximum absolute atomic E-state index is 12.3. The minimum atomic E-state index is -2.09. The van der Waals surface area contributed by atoms with Crippen molar-refractivity contribution in [3.8, 4) is 5.75 Å². The highest BCUT2D eigenvalue weighted by Gasteiger charge is 2.64. The van der Waals surface area contributed by atoms with Gasteiger partial charge in [0.2, 0.25) is 0 Å². The summed E-state index contributed by atoms with van der Waals surface area (Å²) >= 11 is 0. The molecule has 3 aliphatic heterocycles. The van der Waals surface area contributed by atoms with Crippen LogP contribution in [-0.2, 0) is 29.3 Å². The predicted octanol–water partition coefficient (Wildman–Crippen LogP) is -0.819. The van der Waals surface area contributed by atoms with Crippen LogP contribution in [0.1, 0.15) is 18.9 Å². The van der Waals surface area contributed by atoms with Gasteiger partial charge in [0.15, 0.2) is 18.4 Å². The Bertz CT molecular complexity index is 932. The normalized spacial score (nSPS) is 35.0. The summed E-state index contributed by atoms with van der Waals surface area (Å²) in [4.78, 5) is 44.0. The largest absolute Gasteiger partial charge is 0.412 e. The lowest BCUT2D eigenvalue weighted by Gasteiger charge is -2.50. The zero-order valence-electron chi connectivity index (χ0n) is 17.3. The number of fused-ring (bicyclic) bond motifs is 3. The molecule has 3 aliphatic rings. The molecule has 3 heterocycles. The van der Waals surface area contributed by atoms with Crippen molar-refractivity contribution in [3.05, 3.63) is 23.8 Å². The van der Waals surface area contributed by atoms with Gasteiger partial charge in [-0.2, -0.15) is 0 Å². The number of hydrogen-bond acceptors (Lipinski definition) is 11. The van der Waals surface area contributed by atoms with E-state index in [4.69, 9.17) is 19.0 Å². The van der Waals surface area contributed by atoms with Crippen molar-refractivity contribution >= 4 is 23.7 Å². The van der Waals surface area contributed by atoms with Gasteiger partial charge in [-0.15, -0.1) is 5.06 Å². The number of nitrogens with zero attached hydrogens (tertiary/aromatic N) is 2. The van der Waals surface area contributed by atoms with Crippen LogP contribution in [0.25, 0.3) is 0 Å². The van der Waals surface area contributed by atoms with Gasteiger partial charge in [0.05, 0.1) is 11.8 Å². The third kappa shape index (κ3) is 3.10. The first kappa shape index (κ1) is 21.3. The molecule has 1 aromatic carbocycles. The van der Waals surface area contributed by atoms with Gasteiger partial charge < -0.3 is 34.6 Å². The molecule has 4 atom stereocenters. The second-order valence-electron chi connectivity index (χ2n) is 7.92. The van der Waals surface area contributed by atoms with Gasteiger partial charge in [-0.25, -0.2) is 14.4 Å². The van der Waals surface area contributed by atoms with E-state index in [0.29, 0.717) is 5.56 Å². The van der Waals surface area contributed by atoms with E-state index >= 15 is 0 Å². The van der Waals surface area contributed by atoms with E-state index in [0.717, 1.165) is 10.8 Å². The number of ether oxygens (including phenoxy) is 3. The van der Waals surface area contributed by atoms with Gasteiger partial charge in [0.25, 0.3) is 0 Å². The van der Waals surface area contributed by atoms with Crippen LogP contribution in [0.3, 0.4) is 0 Å². The number of benzene rings is 1. The Morgan fingerprint density at radius 2 is 1.81 bits per heavy atom. The van der Waals surface area contributed by atoms with Crippen LogP contribution in [-0.4, -0.2) is 78.8 Å². The van der Waals surface area contributed by atoms with Crippen LogP contribution < -0.4 is 15.0 Å². The summed E-state index contributed by atoms with van der Waals surface area (Å²) in [6.45, 7) is 1.82. The Hall–Kier alpha value is -2.93. The average molecular weight is 437 g/mol. The van der Waals surface area contributed by atoms with E-state index in [9.17, 15) is 24.6 Å². The van der Waals surface area contributed by atoms with Crippen molar-refractivity contribution in [3.63, 3.8) is 0 Å². The standard InChI is InChI=1S/C19H23N3O9/c1-18-8-19(29-14(25)12(23)13(24)15(26)30-19)22(4)31-16(18)21(3)11-6-5-9(7-10(11)18)28-17(27)20-2/h5-7,12-13,16,23-24H,8H2,1-4H3,(H,20,27)/t12?,13?,16-,18-,19?/m0/s1. The van der Waals surface area contributed by atoms with Crippen LogP contribution in [0, 0.1) is 0 Å². The number of esters is 2. The number of aliphatic hydroxyl groups is 2. The first-order valence-corrected chi connectivity index (χ1v) is 9.52. The van der Waals surface area contributed by atoms with Crippen molar-refractivity contribution < 1.29 is 43.6 Å². The van der Waals surface area contributed by atoms with E-state index in [1.807, 2.05) is 11.8 Å². The molecule has 1 aromatic rings. The summed E-state index contributed by atoms with van der Waals surface area (Å²) < 4.78 is 15.9. The number of amides is 1. The third-order valence-corrected chi connectivity index (χ3v) is 5.91. The minimum Gasteiger partial charge on any atom is -0.410 e. The number of hydroxylamine groups is 2. The maximum atomic E-state index is 12.3. The third-order valence-electron chi connectivity index (χ3n) is 5.91. The lowest BCUT2D eigenvalue weighted by atomic mass is 9.77. The lowest BCUT2D eigenvalue weighted by molar-refractivity contribution is -0.417. The van der Waals surface area contributed by atoms with Gasteiger partial charge >= 0.3 is 23.9 Å². The number of hydrogen-bond donors (Lipinski definition) is 3. The van der Waals surface area contributed by atoms with Crippen molar-refractivity contribution in [1.82, 2.24) is 10.4 Å². The molecule has 31 heavy (non-hydrogen) atoms. The number of carbonyl (C=O) groups is 3. The molecule has 0 aromatic heterocycles. The lowest BCUT2D eigenvalue weighted by Crippen LogP contribution is -2.65. The number of aliphatic hydroxyl groups excluding tert-OH is 2. The predicted molar refractivity (Wildman–Crippen MR) is 101 cm³/mol. The fourth-order valence-electron chi connectivity index (χ4n) is 4.28. The Balaban J connectivity index is 1.76. The molecule has 2 unspecified atom stereocenters. The maximum Gasteiger partial charge on any atom is 0.412 e. The van der Waals surface area contributed by atoms with Crippen molar-refractivity contribution in [2.45, 2.75) is 43.1 Å². The molecule has 4 rings (SSSR count). The SMILES string of the molecule is CNC(=O)Oc1ccc2c(c1)[C@]1(C)CC3(OC(=O)C(O)C(O)C(=O)O3)N(C)O[C@@H]1N2C. The molecule has 0 aliphatic carbocycles. The first-order valence-electron chi connectivity index (χ1n) is 9.52. The number of nitrogens with one attached hydrogen (secondary N) is 1. The highest BCUT2D eigenvalue weighted by molar-refractivity contribution is 5.87. The molecule has 3 N–H and O–H groups in total. The van der Waals surface area contributed by atoms with Gasteiger partial charge in [0.1, 0.15) is 5.75 Å². The molecule has 168 valence electrons. The monoisotopic (exact) mass is 437 g/mol. The molecule has 0 radical (unpaired) electrons. The van der Waals surface area contributed by atoms with Crippen LogP contribution in [0.2, 0.25) is 0 Å². The molecule has 0 bridgehead atoms. The average Bonchev–Trinajstić information content (AvgIpc) is 2.88. The van der Waals surface area contributed by atoms with Crippen LogP contribution in [0.4, 0.5) is 10.5 Å². The fraction of sp³-hybridized carbons (Fsp3) is 0.526. The van der Waals surface area contributed by atoms with Gasteiger partial charge in [-0.3, -0.25) is 4.84 Å². The second-order valence-corrected chi connectivity index (χ2v) is 7.92. The highest BCUT2D eigenvalue weighted by atomic mass is 16.8. The molecule has 12 heteroatoms. The molecular formula is C19H23N3O9. The summed E-state index contributed by atoms with van der Waals surface area (Å²) in [7, 11) is 4.66. The fourth-order valence-corrected chi connectivity index (χ4v) is 4.28. The van der Waals surface area contributed by atoms with Gasteiger partial charge in [0, 0.05) is 26.8 Å². The van der Waals surface area contributed by atoms with E-state index < -0.39 is 47.8 Å². The van der Waals surface area contributed by atoms with Crippen LogP contribution in [0.5, 0.6) is 5.75 Å². The highest BCUT2D eigenvalue weighted by Crippen LogP contribution is 2.54. The molecule has 0 saturated carbocycles. The zero-order valence-corrected chi connectivity index (χ0v) is 17.3. The Morgan fingerprint density at radius 3 is 2.39 bits per heavy atom. The Morgan fingerprint density at radius 1 is 1.19 bits per heavy atom. The number of rotatable bonds is 1. The van der Waals surface area contributed by atoms with Crippen molar-refractivity contribution in [2.75, 3.05) is 26.0 Å². The molecule has 1 spiro atoms. The zero-order chi connectivity index (χ0) is 22.7. The van der Waals surface area contributed by atoms with E-state index in [1.54, 1.807) is 25.2 Å². The minimum absolute atomic E-state index is 0.0845. The molecule has 2 fully saturated rings. The first-order chi connectivity index (χ1) is 14.5. The summed E-state index contributed by atoms with van der Waals surface area (Å²) in [5.41, 5.74) is 0.569. The summed E-state index contributed by atoms with van der Waals surface area (Å²) in [6.07, 6.45) is -5.48. The topological polar surface area (TPSA) is 147 Å². The second kappa shape index (κ2) is 7.05. The van der Waals surface area contributed by atoms with E-state index in [-0.39, 0.29) is 12.2 Å². The van der Waals surface area contributed by atoms with Crippen molar-refractivity contribution in [1.29, 1.82) is 0 Å². The van der Waals surface area contributed by atoms with E-state index in [2.05, 4.69) is 5.32 Å². The van der Waals surface area contributed by atoms with Gasteiger partial charge in [-0.05, 0) is 23.8 Å². The Labute approximate surface area is 177 Å².